The van der Waals surface area contributed by atoms with Crippen LogP contribution in [0.2, 0.25) is 0 Å². The minimum Gasteiger partial charge on any atom is -0.480 e. The van der Waals surface area contributed by atoms with E-state index in [0.29, 0.717) is 5.69 Å². The SMILES string of the molecule is O=C(O)C1CC(O)CN1C(=O)Nc1ccc(I)cc1. The highest BCUT2D eigenvalue weighted by Crippen LogP contribution is 2.20. The van der Waals surface area contributed by atoms with Gasteiger partial charge in [0.2, 0.25) is 0 Å². The molecule has 0 aromatic heterocycles. The lowest BCUT2D eigenvalue weighted by Crippen LogP contribution is -2.43. The smallest absolute Gasteiger partial charge is 0.326 e. The van der Waals surface area contributed by atoms with Crippen molar-refractivity contribution in [2.75, 3.05) is 11.9 Å². The first-order chi connectivity index (χ1) is 8.97. The number of carbonyl (C=O) groups is 2. The fourth-order valence-corrected chi connectivity index (χ4v) is 2.36. The van der Waals surface area contributed by atoms with Crippen LogP contribution in [-0.2, 0) is 4.79 Å². The van der Waals surface area contributed by atoms with E-state index in [9.17, 15) is 14.7 Å². The number of carboxylic acids is 1. The molecule has 0 bridgehead atoms. The summed E-state index contributed by atoms with van der Waals surface area (Å²) in [7, 11) is 0. The van der Waals surface area contributed by atoms with Crippen molar-refractivity contribution in [1.29, 1.82) is 0 Å². The molecule has 2 unspecified atom stereocenters. The summed E-state index contributed by atoms with van der Waals surface area (Å²) < 4.78 is 1.04. The number of carboxylic acid groups (broad SMARTS) is 1. The van der Waals surface area contributed by atoms with Crippen LogP contribution in [0, 0.1) is 3.57 Å². The van der Waals surface area contributed by atoms with Crippen molar-refractivity contribution in [3.63, 3.8) is 0 Å². The molecule has 102 valence electrons. The Balaban J connectivity index is 2.06. The number of hydrogen-bond donors (Lipinski definition) is 3. The zero-order chi connectivity index (χ0) is 14.0. The number of rotatable bonds is 2. The van der Waals surface area contributed by atoms with Crippen LogP contribution in [-0.4, -0.2) is 45.8 Å². The van der Waals surface area contributed by atoms with Crippen LogP contribution in [0.4, 0.5) is 10.5 Å². The average Bonchev–Trinajstić information content (AvgIpc) is 2.74. The molecule has 19 heavy (non-hydrogen) atoms. The van der Waals surface area contributed by atoms with Gasteiger partial charge >= 0.3 is 12.0 Å². The lowest BCUT2D eigenvalue weighted by atomic mass is 10.2. The third kappa shape index (κ3) is 3.35. The second-order valence-electron chi connectivity index (χ2n) is 4.33. The fourth-order valence-electron chi connectivity index (χ4n) is 2.00. The average molecular weight is 376 g/mol. The molecule has 2 rings (SSSR count). The molecule has 6 nitrogen and oxygen atoms in total. The van der Waals surface area contributed by atoms with E-state index in [-0.39, 0.29) is 13.0 Å². The van der Waals surface area contributed by atoms with Gasteiger partial charge in [0.05, 0.1) is 6.10 Å². The first-order valence-electron chi connectivity index (χ1n) is 5.71. The Bertz CT molecular complexity index is 491. The van der Waals surface area contributed by atoms with E-state index >= 15 is 0 Å². The van der Waals surface area contributed by atoms with Crippen molar-refractivity contribution in [3.8, 4) is 0 Å². The second kappa shape index (κ2) is 5.74. The minimum absolute atomic E-state index is 0.0349. The number of benzene rings is 1. The lowest BCUT2D eigenvalue weighted by Gasteiger charge is -2.21. The highest BCUT2D eigenvalue weighted by Gasteiger charge is 2.38. The van der Waals surface area contributed by atoms with Crippen LogP contribution < -0.4 is 5.32 Å². The van der Waals surface area contributed by atoms with Crippen LogP contribution in [0.15, 0.2) is 24.3 Å². The normalized spacial score (nSPS) is 22.3. The molecule has 0 radical (unpaired) electrons. The van der Waals surface area contributed by atoms with Crippen LogP contribution in [0.5, 0.6) is 0 Å². The molecule has 2 amide bonds. The van der Waals surface area contributed by atoms with E-state index in [1.807, 2.05) is 12.1 Å². The quantitative estimate of drug-likeness (QED) is 0.680. The third-order valence-corrected chi connectivity index (χ3v) is 3.64. The van der Waals surface area contributed by atoms with Gasteiger partial charge in [0.1, 0.15) is 6.04 Å². The summed E-state index contributed by atoms with van der Waals surface area (Å²) in [5.74, 6) is -1.10. The maximum absolute atomic E-state index is 12.0. The number of aliphatic hydroxyl groups is 1. The summed E-state index contributed by atoms with van der Waals surface area (Å²) in [6, 6.07) is 5.67. The molecule has 0 spiro atoms. The number of hydrogen-bond acceptors (Lipinski definition) is 3. The van der Waals surface area contributed by atoms with Gasteiger partial charge in [-0.1, -0.05) is 0 Å². The Kier molecular flexibility index (Phi) is 4.25. The minimum atomic E-state index is -1.10. The first kappa shape index (κ1) is 14.1. The topological polar surface area (TPSA) is 89.9 Å². The zero-order valence-electron chi connectivity index (χ0n) is 9.91. The summed E-state index contributed by atoms with van der Waals surface area (Å²) in [6.45, 7) is 0.0349. The molecule has 3 N–H and O–H groups in total. The molecule has 1 saturated heterocycles. The Hall–Kier alpha value is -1.35. The number of anilines is 1. The van der Waals surface area contributed by atoms with Gasteiger partial charge in [-0.05, 0) is 46.9 Å². The van der Waals surface area contributed by atoms with E-state index in [1.54, 1.807) is 12.1 Å². The monoisotopic (exact) mass is 376 g/mol. The van der Waals surface area contributed by atoms with Gasteiger partial charge in [-0.2, -0.15) is 0 Å². The van der Waals surface area contributed by atoms with Crippen LogP contribution in [0.1, 0.15) is 6.42 Å². The van der Waals surface area contributed by atoms with Crippen LogP contribution in [0.3, 0.4) is 0 Å². The molecular weight excluding hydrogens is 363 g/mol. The number of amides is 2. The number of aliphatic carboxylic acids is 1. The van der Waals surface area contributed by atoms with Crippen molar-refractivity contribution in [2.45, 2.75) is 18.6 Å². The summed E-state index contributed by atoms with van der Waals surface area (Å²) in [4.78, 5) is 24.2. The fraction of sp³-hybridized carbons (Fsp3) is 0.333. The van der Waals surface area contributed by atoms with E-state index < -0.39 is 24.1 Å². The molecule has 0 saturated carbocycles. The highest BCUT2D eigenvalue weighted by molar-refractivity contribution is 14.1. The second-order valence-corrected chi connectivity index (χ2v) is 5.58. The number of urea groups is 1. The van der Waals surface area contributed by atoms with E-state index in [4.69, 9.17) is 5.11 Å². The number of nitrogens with one attached hydrogen (secondary N) is 1. The number of β-amino-alcohol motifs (C(OH)–C–C–N with tert-alkyl or cyclic N) is 1. The Morgan fingerprint density at radius 1 is 1.32 bits per heavy atom. The summed E-state index contributed by atoms with van der Waals surface area (Å²) >= 11 is 2.15. The van der Waals surface area contributed by atoms with Gasteiger partial charge < -0.3 is 20.4 Å². The molecule has 7 heteroatoms. The molecule has 2 atom stereocenters. The van der Waals surface area contributed by atoms with E-state index in [1.165, 1.54) is 0 Å². The number of halogens is 1. The van der Waals surface area contributed by atoms with Gasteiger partial charge in [-0.3, -0.25) is 0 Å². The number of carbonyl (C=O) groups excluding carboxylic acids is 1. The van der Waals surface area contributed by atoms with E-state index in [0.717, 1.165) is 8.47 Å². The Labute approximate surface area is 123 Å². The molecule has 1 aliphatic rings. The Morgan fingerprint density at radius 2 is 1.95 bits per heavy atom. The highest BCUT2D eigenvalue weighted by atomic mass is 127. The lowest BCUT2D eigenvalue weighted by molar-refractivity contribution is -0.141. The van der Waals surface area contributed by atoms with Crippen molar-refractivity contribution in [3.05, 3.63) is 27.8 Å². The first-order valence-corrected chi connectivity index (χ1v) is 6.79. The molecule has 0 aliphatic carbocycles. The summed E-state index contributed by atoms with van der Waals surface area (Å²) in [5.41, 5.74) is 0.593. The standard InChI is InChI=1S/C12H13IN2O4/c13-7-1-3-8(4-2-7)14-12(19)15-6-9(16)5-10(15)11(17)18/h1-4,9-10,16H,5-6H2,(H,14,19)(H,17,18). The van der Waals surface area contributed by atoms with Gasteiger partial charge in [0, 0.05) is 22.2 Å². The van der Waals surface area contributed by atoms with Crippen molar-refractivity contribution >= 4 is 40.3 Å². The number of nitrogens with zero attached hydrogens (tertiary/aromatic N) is 1. The predicted octanol–water partition coefficient (Wildman–Crippen LogP) is 1.34. The van der Waals surface area contributed by atoms with Gasteiger partial charge in [-0.25, -0.2) is 9.59 Å². The summed E-state index contributed by atoms with van der Waals surface area (Å²) in [5, 5.41) is 21.1. The largest absolute Gasteiger partial charge is 0.480 e. The van der Waals surface area contributed by atoms with Gasteiger partial charge in [0.25, 0.3) is 0 Å². The molecular formula is C12H13IN2O4. The maximum Gasteiger partial charge on any atom is 0.326 e. The third-order valence-electron chi connectivity index (χ3n) is 2.92. The van der Waals surface area contributed by atoms with Gasteiger partial charge in [0.15, 0.2) is 0 Å². The van der Waals surface area contributed by atoms with E-state index in [2.05, 4.69) is 27.9 Å². The van der Waals surface area contributed by atoms with Crippen molar-refractivity contribution in [1.82, 2.24) is 4.90 Å². The number of aliphatic hydroxyl groups excluding tert-OH is 1. The maximum atomic E-state index is 12.0. The molecule has 1 fully saturated rings. The predicted molar refractivity (Wildman–Crippen MR) is 76.9 cm³/mol. The molecule has 1 heterocycles. The molecule has 1 aliphatic heterocycles. The van der Waals surface area contributed by atoms with Crippen LogP contribution >= 0.6 is 22.6 Å². The van der Waals surface area contributed by atoms with Crippen LogP contribution in [0.25, 0.3) is 0 Å². The van der Waals surface area contributed by atoms with Crippen molar-refractivity contribution in [2.24, 2.45) is 0 Å². The van der Waals surface area contributed by atoms with Gasteiger partial charge in [-0.15, -0.1) is 0 Å². The van der Waals surface area contributed by atoms with Crippen molar-refractivity contribution < 1.29 is 19.8 Å². The zero-order valence-corrected chi connectivity index (χ0v) is 12.1. The summed E-state index contributed by atoms with van der Waals surface area (Å²) in [6.07, 6.45) is -0.723. The molecule has 1 aromatic carbocycles. The Morgan fingerprint density at radius 3 is 2.53 bits per heavy atom. The molecule has 1 aromatic rings. The number of likely N-dealkylation sites (tertiary alicyclic amines) is 1.